The van der Waals surface area contributed by atoms with Crippen molar-refractivity contribution in [2.45, 2.75) is 13.8 Å². The number of nitrogens with zero attached hydrogens (tertiary/aromatic N) is 1. The van der Waals surface area contributed by atoms with Gasteiger partial charge in [-0.1, -0.05) is 6.07 Å². The maximum atomic E-state index is 11.8. The van der Waals surface area contributed by atoms with Gasteiger partial charge in [0.25, 0.3) is 5.91 Å². The van der Waals surface area contributed by atoms with Crippen molar-refractivity contribution >= 4 is 17.5 Å². The maximum absolute atomic E-state index is 11.8. The van der Waals surface area contributed by atoms with E-state index < -0.39 is 0 Å². The minimum absolute atomic E-state index is 0.0512. The Morgan fingerprint density at radius 2 is 1.89 bits per heavy atom. The van der Waals surface area contributed by atoms with Crippen molar-refractivity contribution < 1.29 is 9.59 Å². The highest BCUT2D eigenvalue weighted by molar-refractivity contribution is 5.95. The molecule has 0 atom stereocenters. The molecule has 0 aliphatic carbocycles. The molecule has 2 N–H and O–H groups in total. The number of benzene rings is 1. The van der Waals surface area contributed by atoms with Gasteiger partial charge in [-0.3, -0.25) is 9.59 Å². The van der Waals surface area contributed by atoms with E-state index in [1.807, 2.05) is 19.9 Å². The number of rotatable bonds is 6. The minimum Gasteiger partial charge on any atom is -0.376 e. The fraction of sp³-hybridized carbons (Fsp3) is 0.429. The molecule has 0 aliphatic rings. The van der Waals surface area contributed by atoms with Crippen molar-refractivity contribution in [2.24, 2.45) is 0 Å². The van der Waals surface area contributed by atoms with E-state index in [9.17, 15) is 9.59 Å². The highest BCUT2D eigenvalue weighted by Gasteiger charge is 2.09. The van der Waals surface area contributed by atoms with Gasteiger partial charge in [-0.05, 0) is 32.0 Å². The normalized spacial score (nSPS) is 9.84. The lowest BCUT2D eigenvalue weighted by Crippen LogP contribution is -2.35. The summed E-state index contributed by atoms with van der Waals surface area (Å²) in [5, 5.41) is 5.61. The molecule has 0 aromatic heterocycles. The number of hydrogen-bond donors (Lipinski definition) is 2. The van der Waals surface area contributed by atoms with E-state index in [0.29, 0.717) is 18.7 Å². The SMILES string of the molecule is CCN(CC)C(=O)CNc1cccc(C(=O)NC)c1. The van der Waals surface area contributed by atoms with E-state index in [1.165, 1.54) is 0 Å². The monoisotopic (exact) mass is 263 g/mol. The van der Waals surface area contributed by atoms with Crippen LogP contribution in [0.2, 0.25) is 0 Å². The first-order chi connectivity index (χ1) is 9.12. The predicted molar refractivity (Wildman–Crippen MR) is 76.2 cm³/mol. The Morgan fingerprint density at radius 1 is 1.21 bits per heavy atom. The van der Waals surface area contributed by atoms with Crippen LogP contribution in [-0.4, -0.2) is 43.4 Å². The molecule has 1 aromatic rings. The zero-order valence-electron chi connectivity index (χ0n) is 11.7. The molecule has 104 valence electrons. The van der Waals surface area contributed by atoms with Crippen LogP contribution in [0.4, 0.5) is 5.69 Å². The van der Waals surface area contributed by atoms with Crippen molar-refractivity contribution in [1.29, 1.82) is 0 Å². The molecule has 5 nitrogen and oxygen atoms in total. The van der Waals surface area contributed by atoms with Crippen molar-refractivity contribution in [3.8, 4) is 0 Å². The van der Waals surface area contributed by atoms with Gasteiger partial charge < -0.3 is 15.5 Å². The van der Waals surface area contributed by atoms with E-state index >= 15 is 0 Å². The lowest BCUT2D eigenvalue weighted by atomic mass is 10.2. The molecular formula is C14H21N3O2. The van der Waals surface area contributed by atoms with Crippen LogP contribution in [0.15, 0.2) is 24.3 Å². The minimum atomic E-state index is -0.140. The van der Waals surface area contributed by atoms with E-state index in [4.69, 9.17) is 0 Å². The maximum Gasteiger partial charge on any atom is 0.251 e. The highest BCUT2D eigenvalue weighted by atomic mass is 16.2. The zero-order chi connectivity index (χ0) is 14.3. The largest absolute Gasteiger partial charge is 0.376 e. The Morgan fingerprint density at radius 3 is 2.47 bits per heavy atom. The van der Waals surface area contributed by atoms with Crippen LogP contribution in [0.25, 0.3) is 0 Å². The summed E-state index contributed by atoms with van der Waals surface area (Å²) in [6.07, 6.45) is 0. The smallest absolute Gasteiger partial charge is 0.251 e. The molecule has 2 amide bonds. The number of carbonyl (C=O) groups is 2. The van der Waals surface area contributed by atoms with E-state index in [2.05, 4.69) is 10.6 Å². The second kappa shape index (κ2) is 7.41. The number of amides is 2. The second-order valence-corrected chi connectivity index (χ2v) is 4.08. The van der Waals surface area contributed by atoms with Gasteiger partial charge in [0.05, 0.1) is 6.54 Å². The third kappa shape index (κ3) is 4.28. The van der Waals surface area contributed by atoms with Gasteiger partial charge >= 0.3 is 0 Å². The quantitative estimate of drug-likeness (QED) is 0.814. The molecule has 0 spiro atoms. The molecule has 0 saturated carbocycles. The molecule has 0 aliphatic heterocycles. The van der Waals surface area contributed by atoms with Gasteiger partial charge in [0, 0.05) is 31.4 Å². The van der Waals surface area contributed by atoms with Crippen LogP contribution in [0.3, 0.4) is 0 Å². The van der Waals surface area contributed by atoms with Crippen LogP contribution < -0.4 is 10.6 Å². The first-order valence-corrected chi connectivity index (χ1v) is 6.46. The van der Waals surface area contributed by atoms with Crippen LogP contribution >= 0.6 is 0 Å². The summed E-state index contributed by atoms with van der Waals surface area (Å²) in [7, 11) is 1.59. The number of nitrogens with one attached hydrogen (secondary N) is 2. The van der Waals surface area contributed by atoms with Gasteiger partial charge in [-0.15, -0.1) is 0 Å². The lowest BCUT2D eigenvalue weighted by molar-refractivity contribution is -0.128. The molecule has 0 bridgehead atoms. The molecular weight excluding hydrogens is 242 g/mol. The fourth-order valence-electron chi connectivity index (χ4n) is 1.78. The Balaban J connectivity index is 2.63. The van der Waals surface area contributed by atoms with Crippen LogP contribution in [0.1, 0.15) is 24.2 Å². The summed E-state index contributed by atoms with van der Waals surface area (Å²) >= 11 is 0. The number of carbonyl (C=O) groups excluding carboxylic acids is 2. The van der Waals surface area contributed by atoms with Crippen LogP contribution in [-0.2, 0) is 4.79 Å². The van der Waals surface area contributed by atoms with Crippen molar-refractivity contribution in [3.63, 3.8) is 0 Å². The third-order valence-corrected chi connectivity index (χ3v) is 2.91. The van der Waals surface area contributed by atoms with Crippen molar-refractivity contribution in [2.75, 3.05) is 32.0 Å². The molecule has 0 saturated heterocycles. The number of hydrogen-bond acceptors (Lipinski definition) is 3. The Labute approximate surface area is 114 Å². The average Bonchev–Trinajstić information content (AvgIpc) is 2.45. The molecule has 0 fully saturated rings. The van der Waals surface area contributed by atoms with E-state index in [0.717, 1.165) is 5.69 Å². The molecule has 1 aromatic carbocycles. The summed E-state index contributed by atoms with van der Waals surface area (Å²) in [6.45, 7) is 5.55. The molecule has 0 heterocycles. The molecule has 0 radical (unpaired) electrons. The summed E-state index contributed by atoms with van der Waals surface area (Å²) in [5.74, 6) is -0.0888. The summed E-state index contributed by atoms with van der Waals surface area (Å²) < 4.78 is 0. The lowest BCUT2D eigenvalue weighted by Gasteiger charge is -2.19. The van der Waals surface area contributed by atoms with Crippen molar-refractivity contribution in [3.05, 3.63) is 29.8 Å². The van der Waals surface area contributed by atoms with Crippen LogP contribution in [0, 0.1) is 0 Å². The first-order valence-electron chi connectivity index (χ1n) is 6.46. The average molecular weight is 263 g/mol. The molecule has 5 heteroatoms. The topological polar surface area (TPSA) is 61.4 Å². The van der Waals surface area contributed by atoms with Gasteiger partial charge in [0.1, 0.15) is 0 Å². The summed E-state index contributed by atoms with van der Waals surface area (Å²) in [4.78, 5) is 25.1. The van der Waals surface area contributed by atoms with Gasteiger partial charge in [-0.25, -0.2) is 0 Å². The standard InChI is InChI=1S/C14H21N3O2/c1-4-17(5-2)13(18)10-16-12-8-6-7-11(9-12)14(19)15-3/h6-9,16H,4-5,10H2,1-3H3,(H,15,19). The fourth-order valence-corrected chi connectivity index (χ4v) is 1.78. The zero-order valence-corrected chi connectivity index (χ0v) is 11.7. The molecule has 19 heavy (non-hydrogen) atoms. The Bertz CT molecular complexity index is 442. The van der Waals surface area contributed by atoms with Crippen molar-refractivity contribution in [1.82, 2.24) is 10.2 Å². The molecule has 0 unspecified atom stereocenters. The predicted octanol–water partition coefficient (Wildman–Crippen LogP) is 1.33. The van der Waals surface area contributed by atoms with E-state index in [1.54, 1.807) is 30.1 Å². The number of likely N-dealkylation sites (N-methyl/N-ethyl adjacent to an activating group) is 1. The van der Waals surface area contributed by atoms with Crippen LogP contribution in [0.5, 0.6) is 0 Å². The first kappa shape index (κ1) is 15.0. The Hall–Kier alpha value is -2.04. The van der Waals surface area contributed by atoms with Gasteiger partial charge in [-0.2, -0.15) is 0 Å². The van der Waals surface area contributed by atoms with E-state index in [-0.39, 0.29) is 18.4 Å². The van der Waals surface area contributed by atoms with Gasteiger partial charge in [0.2, 0.25) is 5.91 Å². The highest BCUT2D eigenvalue weighted by Crippen LogP contribution is 2.10. The third-order valence-electron chi connectivity index (χ3n) is 2.91. The number of anilines is 1. The summed E-state index contributed by atoms with van der Waals surface area (Å²) in [6, 6.07) is 7.08. The summed E-state index contributed by atoms with van der Waals surface area (Å²) in [5.41, 5.74) is 1.34. The van der Waals surface area contributed by atoms with Gasteiger partial charge in [0.15, 0.2) is 0 Å². The second-order valence-electron chi connectivity index (χ2n) is 4.08. The molecule has 1 rings (SSSR count). The Kier molecular flexibility index (Phi) is 5.85.